The lowest BCUT2D eigenvalue weighted by molar-refractivity contribution is 0.417. The summed E-state index contributed by atoms with van der Waals surface area (Å²) in [5, 5.41) is 0. The zero-order valence-electron chi connectivity index (χ0n) is 11.1. The summed E-state index contributed by atoms with van der Waals surface area (Å²) in [5.74, 6) is 1.29. The number of anilines is 1. The van der Waals surface area contributed by atoms with E-state index in [0.717, 1.165) is 12.1 Å². The van der Waals surface area contributed by atoms with Gasteiger partial charge in [0.2, 0.25) is 0 Å². The molecule has 0 saturated carbocycles. The quantitative estimate of drug-likeness (QED) is 0.842. The topological polar surface area (TPSA) is 53.1 Å². The van der Waals surface area contributed by atoms with Crippen LogP contribution in [0.1, 0.15) is 19.5 Å². The number of nitrogens with zero attached hydrogens (tertiary/aromatic N) is 2. The van der Waals surface area contributed by atoms with Crippen molar-refractivity contribution in [2.24, 2.45) is 5.92 Å². The molecule has 0 radical (unpaired) electrons. The highest BCUT2D eigenvalue weighted by atomic mass is 16.5. The van der Waals surface area contributed by atoms with Crippen molar-refractivity contribution < 1.29 is 4.74 Å². The third kappa shape index (κ3) is 2.47. The summed E-state index contributed by atoms with van der Waals surface area (Å²) < 4.78 is 7.23. The first-order valence-electron chi connectivity index (χ1n) is 6.07. The highest BCUT2D eigenvalue weighted by Gasteiger charge is 2.08. The van der Waals surface area contributed by atoms with Gasteiger partial charge in [-0.15, -0.1) is 0 Å². The first-order valence-corrected chi connectivity index (χ1v) is 6.07. The molecule has 2 N–H and O–H groups in total. The number of imidazole rings is 1. The maximum Gasteiger partial charge on any atom is 0.141 e. The number of rotatable bonds is 4. The monoisotopic (exact) mass is 245 g/mol. The van der Waals surface area contributed by atoms with Crippen molar-refractivity contribution in [1.82, 2.24) is 9.55 Å². The van der Waals surface area contributed by atoms with Gasteiger partial charge in [-0.2, -0.15) is 0 Å². The van der Waals surface area contributed by atoms with Crippen LogP contribution in [0, 0.1) is 5.92 Å². The van der Waals surface area contributed by atoms with Gasteiger partial charge >= 0.3 is 0 Å². The van der Waals surface area contributed by atoms with E-state index in [4.69, 9.17) is 10.5 Å². The van der Waals surface area contributed by atoms with E-state index in [1.807, 2.05) is 30.7 Å². The Hall–Kier alpha value is -1.97. The van der Waals surface area contributed by atoms with Crippen molar-refractivity contribution in [2.45, 2.75) is 20.3 Å². The minimum absolute atomic E-state index is 0.594. The van der Waals surface area contributed by atoms with Crippen LogP contribution in [-0.2, 0) is 6.42 Å². The van der Waals surface area contributed by atoms with Crippen molar-refractivity contribution in [2.75, 3.05) is 12.8 Å². The lowest BCUT2D eigenvalue weighted by Crippen LogP contribution is -2.03. The van der Waals surface area contributed by atoms with Crippen LogP contribution < -0.4 is 10.5 Å². The highest BCUT2D eigenvalue weighted by Crippen LogP contribution is 2.25. The lowest BCUT2D eigenvalue weighted by atomic mass is 10.1. The second kappa shape index (κ2) is 5.12. The average Bonchev–Trinajstić information content (AvgIpc) is 2.76. The van der Waals surface area contributed by atoms with E-state index in [1.165, 1.54) is 5.69 Å². The van der Waals surface area contributed by atoms with Crippen LogP contribution >= 0.6 is 0 Å². The van der Waals surface area contributed by atoms with Crippen molar-refractivity contribution in [3.63, 3.8) is 0 Å². The van der Waals surface area contributed by atoms with Crippen LogP contribution in [0.3, 0.4) is 0 Å². The number of methoxy groups -OCH3 is 1. The number of nitrogen functional groups attached to an aromatic ring is 1. The summed E-state index contributed by atoms with van der Waals surface area (Å²) in [6, 6.07) is 5.77. The maximum absolute atomic E-state index is 5.93. The summed E-state index contributed by atoms with van der Waals surface area (Å²) in [5.41, 5.74) is 8.77. The molecule has 0 unspecified atom stereocenters. The Morgan fingerprint density at radius 3 is 2.78 bits per heavy atom. The van der Waals surface area contributed by atoms with Crippen molar-refractivity contribution in [3.05, 3.63) is 36.4 Å². The molecule has 0 bridgehead atoms. The number of ether oxygens (including phenoxy) is 1. The zero-order chi connectivity index (χ0) is 13.1. The van der Waals surface area contributed by atoms with E-state index < -0.39 is 0 Å². The van der Waals surface area contributed by atoms with Gasteiger partial charge in [-0.1, -0.05) is 13.8 Å². The molecule has 0 atom stereocenters. The number of nitrogens with two attached hydrogens (primary N) is 1. The molecular formula is C14H19N3O. The van der Waals surface area contributed by atoms with Gasteiger partial charge < -0.3 is 15.0 Å². The number of hydrogen-bond donors (Lipinski definition) is 1. The van der Waals surface area contributed by atoms with Gasteiger partial charge in [0, 0.05) is 17.6 Å². The Morgan fingerprint density at radius 1 is 1.39 bits per heavy atom. The minimum Gasteiger partial charge on any atom is -0.495 e. The fourth-order valence-corrected chi connectivity index (χ4v) is 2.00. The second-order valence-electron chi connectivity index (χ2n) is 4.78. The summed E-state index contributed by atoms with van der Waals surface area (Å²) in [4.78, 5) is 4.21. The molecule has 1 aromatic heterocycles. The molecule has 96 valence electrons. The standard InChI is InChI=1S/C14H19N3O/c1-10(2)6-12-8-16-9-17(12)11-4-5-14(18-3)13(15)7-11/h4-5,7-10H,6,15H2,1-3H3. The molecule has 0 amide bonds. The van der Waals surface area contributed by atoms with E-state index in [2.05, 4.69) is 23.4 Å². The third-order valence-corrected chi connectivity index (χ3v) is 2.82. The van der Waals surface area contributed by atoms with Crippen molar-refractivity contribution in [3.8, 4) is 11.4 Å². The smallest absolute Gasteiger partial charge is 0.141 e. The Bertz CT molecular complexity index is 532. The predicted octanol–water partition coefficient (Wildman–Crippen LogP) is 2.66. The van der Waals surface area contributed by atoms with Gasteiger partial charge in [0.15, 0.2) is 0 Å². The number of hydrogen-bond acceptors (Lipinski definition) is 3. The highest BCUT2D eigenvalue weighted by molar-refractivity contribution is 5.58. The van der Waals surface area contributed by atoms with Gasteiger partial charge in [-0.05, 0) is 30.5 Å². The molecule has 4 heteroatoms. The molecular weight excluding hydrogens is 226 g/mol. The van der Waals surface area contributed by atoms with Crippen LogP contribution in [0.5, 0.6) is 5.75 Å². The summed E-state index contributed by atoms with van der Waals surface area (Å²) in [6.07, 6.45) is 4.71. The molecule has 2 aromatic rings. The van der Waals surface area contributed by atoms with E-state index in [-0.39, 0.29) is 0 Å². The minimum atomic E-state index is 0.594. The normalized spacial score (nSPS) is 10.9. The van der Waals surface area contributed by atoms with Crippen LogP contribution in [0.25, 0.3) is 5.69 Å². The molecule has 0 fully saturated rings. The molecule has 0 aliphatic carbocycles. The predicted molar refractivity (Wildman–Crippen MR) is 73.1 cm³/mol. The Kier molecular flexibility index (Phi) is 3.55. The molecule has 0 aliphatic heterocycles. The van der Waals surface area contributed by atoms with Crippen LogP contribution in [0.15, 0.2) is 30.7 Å². The van der Waals surface area contributed by atoms with E-state index in [0.29, 0.717) is 17.4 Å². The second-order valence-corrected chi connectivity index (χ2v) is 4.78. The van der Waals surface area contributed by atoms with Crippen molar-refractivity contribution >= 4 is 5.69 Å². The van der Waals surface area contributed by atoms with Crippen LogP contribution in [0.2, 0.25) is 0 Å². The molecule has 0 saturated heterocycles. The van der Waals surface area contributed by atoms with Gasteiger partial charge in [0.25, 0.3) is 0 Å². The van der Waals surface area contributed by atoms with Crippen LogP contribution in [0.4, 0.5) is 5.69 Å². The Balaban J connectivity index is 2.37. The SMILES string of the molecule is COc1ccc(-n2cncc2CC(C)C)cc1N. The molecule has 0 aliphatic rings. The van der Waals surface area contributed by atoms with E-state index in [9.17, 15) is 0 Å². The van der Waals surface area contributed by atoms with Crippen molar-refractivity contribution in [1.29, 1.82) is 0 Å². The Morgan fingerprint density at radius 2 is 2.17 bits per heavy atom. The number of aromatic nitrogens is 2. The largest absolute Gasteiger partial charge is 0.495 e. The van der Waals surface area contributed by atoms with Gasteiger partial charge in [0.1, 0.15) is 5.75 Å². The van der Waals surface area contributed by atoms with Gasteiger partial charge in [0.05, 0.1) is 19.1 Å². The van der Waals surface area contributed by atoms with Gasteiger partial charge in [-0.25, -0.2) is 4.98 Å². The molecule has 1 aromatic carbocycles. The summed E-state index contributed by atoms with van der Waals surface area (Å²) >= 11 is 0. The van der Waals surface area contributed by atoms with E-state index >= 15 is 0 Å². The molecule has 0 spiro atoms. The van der Waals surface area contributed by atoms with Gasteiger partial charge in [-0.3, -0.25) is 0 Å². The fourth-order valence-electron chi connectivity index (χ4n) is 2.00. The molecule has 1 heterocycles. The first-order chi connectivity index (χ1) is 8.61. The number of benzene rings is 1. The lowest BCUT2D eigenvalue weighted by Gasteiger charge is -2.12. The average molecular weight is 245 g/mol. The third-order valence-electron chi connectivity index (χ3n) is 2.82. The first kappa shape index (κ1) is 12.5. The summed E-state index contributed by atoms with van der Waals surface area (Å²) in [7, 11) is 1.62. The fraction of sp³-hybridized carbons (Fsp3) is 0.357. The van der Waals surface area contributed by atoms with E-state index in [1.54, 1.807) is 7.11 Å². The zero-order valence-corrected chi connectivity index (χ0v) is 11.1. The van der Waals surface area contributed by atoms with Crippen LogP contribution in [-0.4, -0.2) is 16.7 Å². The molecule has 4 nitrogen and oxygen atoms in total. The molecule has 18 heavy (non-hydrogen) atoms. The Labute approximate surface area is 107 Å². The summed E-state index contributed by atoms with van der Waals surface area (Å²) in [6.45, 7) is 4.39. The maximum atomic E-state index is 5.93. The molecule has 2 rings (SSSR count).